The average Bonchev–Trinajstić information content (AvgIpc) is 2.47. The first kappa shape index (κ1) is 14.9. The molecule has 0 radical (unpaired) electrons. The molecule has 1 aliphatic heterocycles. The first-order valence-electron chi connectivity index (χ1n) is 7.16. The first-order valence-corrected chi connectivity index (χ1v) is 7.16. The van der Waals surface area contributed by atoms with E-state index in [1.807, 2.05) is 32.0 Å². The second-order valence-electron chi connectivity index (χ2n) is 5.52. The smallest absolute Gasteiger partial charge is 0.323 e. The van der Waals surface area contributed by atoms with Crippen LogP contribution in [0.4, 0.5) is 0 Å². The lowest BCUT2D eigenvalue weighted by Crippen LogP contribution is -2.43. The zero-order valence-corrected chi connectivity index (χ0v) is 12.4. The predicted molar refractivity (Wildman–Crippen MR) is 77.9 cm³/mol. The van der Waals surface area contributed by atoms with Crippen LogP contribution >= 0.6 is 0 Å². The molecule has 0 aliphatic carbocycles. The fourth-order valence-corrected chi connectivity index (χ4v) is 2.62. The Morgan fingerprint density at radius 1 is 1.45 bits per heavy atom. The van der Waals surface area contributed by atoms with Crippen molar-refractivity contribution < 1.29 is 14.3 Å². The highest BCUT2D eigenvalue weighted by Gasteiger charge is 2.26. The minimum atomic E-state index is -0.255. The summed E-state index contributed by atoms with van der Waals surface area (Å²) in [6.45, 7) is 5.53. The summed E-state index contributed by atoms with van der Waals surface area (Å²) in [5.41, 5.74) is 1.22. The van der Waals surface area contributed by atoms with E-state index in [0.717, 1.165) is 25.3 Å². The number of hydrogen-bond acceptors (Lipinski definition) is 4. The number of fused-ring (bicyclic) bond motifs is 1. The van der Waals surface area contributed by atoms with Gasteiger partial charge < -0.3 is 14.8 Å². The molecule has 0 spiro atoms. The SMILES string of the molecule is COC(=O)C(NCC1CCOc2ccccc21)C(C)C. The Labute approximate surface area is 120 Å². The molecule has 1 aromatic rings. The Morgan fingerprint density at radius 3 is 2.90 bits per heavy atom. The summed E-state index contributed by atoms with van der Waals surface area (Å²) < 4.78 is 10.5. The second kappa shape index (κ2) is 6.75. The van der Waals surface area contributed by atoms with Crippen molar-refractivity contribution in [2.45, 2.75) is 32.2 Å². The third-order valence-electron chi connectivity index (χ3n) is 3.79. The Morgan fingerprint density at radius 2 is 2.20 bits per heavy atom. The van der Waals surface area contributed by atoms with Gasteiger partial charge in [-0.25, -0.2) is 0 Å². The summed E-state index contributed by atoms with van der Waals surface area (Å²) in [6.07, 6.45) is 0.968. The van der Waals surface area contributed by atoms with Gasteiger partial charge in [0.05, 0.1) is 13.7 Å². The lowest BCUT2D eigenvalue weighted by Gasteiger charge is -2.28. The summed E-state index contributed by atoms with van der Waals surface area (Å²) >= 11 is 0. The molecule has 4 heteroatoms. The van der Waals surface area contributed by atoms with Crippen LogP contribution in [0.3, 0.4) is 0 Å². The van der Waals surface area contributed by atoms with Gasteiger partial charge in [-0.05, 0) is 24.0 Å². The molecule has 2 rings (SSSR count). The summed E-state index contributed by atoms with van der Waals surface area (Å²) in [4.78, 5) is 11.8. The van der Waals surface area contributed by atoms with E-state index in [9.17, 15) is 4.79 Å². The van der Waals surface area contributed by atoms with E-state index in [2.05, 4.69) is 11.4 Å². The Kier molecular flexibility index (Phi) is 5.01. The second-order valence-corrected chi connectivity index (χ2v) is 5.52. The van der Waals surface area contributed by atoms with Crippen LogP contribution in [0, 0.1) is 5.92 Å². The number of ether oxygens (including phenoxy) is 2. The highest BCUT2D eigenvalue weighted by atomic mass is 16.5. The minimum Gasteiger partial charge on any atom is -0.493 e. The van der Waals surface area contributed by atoms with Gasteiger partial charge in [0.1, 0.15) is 11.8 Å². The van der Waals surface area contributed by atoms with Gasteiger partial charge in [-0.1, -0.05) is 32.0 Å². The van der Waals surface area contributed by atoms with Crippen LogP contribution in [0.15, 0.2) is 24.3 Å². The van der Waals surface area contributed by atoms with Gasteiger partial charge in [-0.2, -0.15) is 0 Å². The van der Waals surface area contributed by atoms with Crippen LogP contribution in [0.1, 0.15) is 31.7 Å². The Bertz CT molecular complexity index is 459. The third kappa shape index (κ3) is 3.31. The number of para-hydroxylation sites is 1. The quantitative estimate of drug-likeness (QED) is 0.839. The molecule has 4 nitrogen and oxygen atoms in total. The number of carbonyl (C=O) groups is 1. The molecule has 0 saturated carbocycles. The van der Waals surface area contributed by atoms with Gasteiger partial charge in [-0.15, -0.1) is 0 Å². The van der Waals surface area contributed by atoms with E-state index in [4.69, 9.17) is 9.47 Å². The summed E-state index contributed by atoms with van der Waals surface area (Å²) in [5, 5.41) is 3.35. The molecule has 1 heterocycles. The number of nitrogens with one attached hydrogen (secondary N) is 1. The van der Waals surface area contributed by atoms with Crippen LogP contribution in [0.25, 0.3) is 0 Å². The molecule has 0 amide bonds. The maximum absolute atomic E-state index is 11.8. The van der Waals surface area contributed by atoms with E-state index in [1.54, 1.807) is 0 Å². The van der Waals surface area contributed by atoms with E-state index >= 15 is 0 Å². The monoisotopic (exact) mass is 277 g/mol. The van der Waals surface area contributed by atoms with E-state index < -0.39 is 0 Å². The van der Waals surface area contributed by atoms with E-state index in [0.29, 0.717) is 5.92 Å². The van der Waals surface area contributed by atoms with Crippen LogP contribution in [0.5, 0.6) is 5.75 Å². The molecule has 1 aromatic carbocycles. The van der Waals surface area contributed by atoms with Crippen LogP contribution in [0.2, 0.25) is 0 Å². The topological polar surface area (TPSA) is 47.6 Å². The van der Waals surface area contributed by atoms with E-state index in [-0.39, 0.29) is 17.9 Å². The molecule has 2 unspecified atom stereocenters. The van der Waals surface area contributed by atoms with E-state index in [1.165, 1.54) is 12.7 Å². The largest absolute Gasteiger partial charge is 0.493 e. The van der Waals surface area contributed by atoms with Crippen molar-refractivity contribution in [3.63, 3.8) is 0 Å². The molecule has 0 fully saturated rings. The molecule has 1 N–H and O–H groups in total. The molecule has 0 aromatic heterocycles. The number of carbonyl (C=O) groups excluding carboxylic acids is 1. The van der Waals surface area contributed by atoms with Crippen LogP contribution in [-0.4, -0.2) is 32.3 Å². The summed E-state index contributed by atoms with van der Waals surface area (Å²) in [5.74, 6) is 1.36. The van der Waals surface area contributed by atoms with Crippen molar-refractivity contribution in [2.24, 2.45) is 5.92 Å². The normalized spacial score (nSPS) is 19.1. The standard InChI is InChI=1S/C16H23NO3/c1-11(2)15(16(18)19-3)17-10-12-8-9-20-14-7-5-4-6-13(12)14/h4-7,11-12,15,17H,8-10H2,1-3H3. The fraction of sp³-hybridized carbons (Fsp3) is 0.562. The molecule has 20 heavy (non-hydrogen) atoms. The Hall–Kier alpha value is -1.55. The Balaban J connectivity index is 2.02. The molecular formula is C16H23NO3. The molecule has 110 valence electrons. The number of hydrogen-bond donors (Lipinski definition) is 1. The number of esters is 1. The number of rotatable bonds is 5. The fourth-order valence-electron chi connectivity index (χ4n) is 2.62. The van der Waals surface area contributed by atoms with Gasteiger partial charge in [0.2, 0.25) is 0 Å². The minimum absolute atomic E-state index is 0.194. The average molecular weight is 277 g/mol. The zero-order chi connectivity index (χ0) is 14.5. The molecule has 2 atom stereocenters. The van der Waals surface area contributed by atoms with Gasteiger partial charge in [0, 0.05) is 12.5 Å². The maximum Gasteiger partial charge on any atom is 0.323 e. The van der Waals surface area contributed by atoms with Gasteiger partial charge in [-0.3, -0.25) is 4.79 Å². The van der Waals surface area contributed by atoms with Gasteiger partial charge in [0.15, 0.2) is 0 Å². The predicted octanol–water partition coefficient (Wildman–Crippen LogP) is 2.34. The van der Waals surface area contributed by atoms with Gasteiger partial charge in [0.25, 0.3) is 0 Å². The molecule has 0 saturated heterocycles. The zero-order valence-electron chi connectivity index (χ0n) is 12.4. The molecule has 1 aliphatic rings. The lowest BCUT2D eigenvalue weighted by atomic mass is 9.92. The van der Waals surface area contributed by atoms with Crippen LogP contribution in [-0.2, 0) is 9.53 Å². The van der Waals surface area contributed by atoms with Crippen molar-refractivity contribution in [1.29, 1.82) is 0 Å². The number of benzene rings is 1. The van der Waals surface area contributed by atoms with Crippen molar-refractivity contribution in [2.75, 3.05) is 20.3 Å². The maximum atomic E-state index is 11.8. The summed E-state index contributed by atoms with van der Waals surface area (Å²) in [6, 6.07) is 7.86. The third-order valence-corrected chi connectivity index (χ3v) is 3.79. The molecule has 0 bridgehead atoms. The number of methoxy groups -OCH3 is 1. The summed E-state index contributed by atoms with van der Waals surface area (Å²) in [7, 11) is 1.43. The highest BCUT2D eigenvalue weighted by Crippen LogP contribution is 2.32. The van der Waals surface area contributed by atoms with Crippen molar-refractivity contribution in [3.05, 3.63) is 29.8 Å². The van der Waals surface area contributed by atoms with Gasteiger partial charge >= 0.3 is 5.97 Å². The van der Waals surface area contributed by atoms with Crippen molar-refractivity contribution in [1.82, 2.24) is 5.32 Å². The lowest BCUT2D eigenvalue weighted by molar-refractivity contribution is -0.144. The van der Waals surface area contributed by atoms with Crippen LogP contribution < -0.4 is 10.1 Å². The highest BCUT2D eigenvalue weighted by molar-refractivity contribution is 5.75. The van der Waals surface area contributed by atoms with Crippen molar-refractivity contribution >= 4 is 5.97 Å². The molecular weight excluding hydrogens is 254 g/mol. The van der Waals surface area contributed by atoms with Crippen molar-refractivity contribution in [3.8, 4) is 5.75 Å². The first-order chi connectivity index (χ1) is 9.63.